The molecule has 1 amide bonds. The van der Waals surface area contributed by atoms with Crippen molar-refractivity contribution in [2.75, 3.05) is 19.6 Å². The van der Waals surface area contributed by atoms with Crippen LogP contribution < -0.4 is 10.9 Å². The standard InChI is InChI=1S/C16H17FN4O2/c1-11-10-20(9-8-18-11)16(23)14-6-7-15(22)21(19-14)13-4-2-12(17)3-5-13/h2-7,11,18H,8-10H2,1H3/t11-/m0/s1. The molecular weight excluding hydrogens is 299 g/mol. The van der Waals surface area contributed by atoms with E-state index in [2.05, 4.69) is 10.4 Å². The molecule has 0 saturated carbocycles. The zero-order chi connectivity index (χ0) is 16.4. The fourth-order valence-corrected chi connectivity index (χ4v) is 2.57. The lowest BCUT2D eigenvalue weighted by Gasteiger charge is -2.31. The van der Waals surface area contributed by atoms with Gasteiger partial charge in [0, 0.05) is 31.7 Å². The van der Waals surface area contributed by atoms with Crippen molar-refractivity contribution >= 4 is 5.91 Å². The average Bonchev–Trinajstić information content (AvgIpc) is 2.55. The summed E-state index contributed by atoms with van der Waals surface area (Å²) in [6, 6.07) is 8.34. The van der Waals surface area contributed by atoms with Crippen LogP contribution in [0.3, 0.4) is 0 Å². The van der Waals surface area contributed by atoms with Gasteiger partial charge in [-0.1, -0.05) is 0 Å². The summed E-state index contributed by atoms with van der Waals surface area (Å²) < 4.78 is 14.1. The van der Waals surface area contributed by atoms with E-state index in [0.29, 0.717) is 18.8 Å². The summed E-state index contributed by atoms with van der Waals surface area (Å²) in [5, 5.41) is 7.41. The molecule has 2 aromatic rings. The molecule has 1 aliphatic heterocycles. The number of carbonyl (C=O) groups is 1. The highest BCUT2D eigenvalue weighted by molar-refractivity contribution is 5.92. The van der Waals surface area contributed by atoms with Gasteiger partial charge in [-0.3, -0.25) is 9.59 Å². The largest absolute Gasteiger partial charge is 0.334 e. The SMILES string of the molecule is C[C@H]1CN(C(=O)c2ccc(=O)n(-c3ccc(F)cc3)n2)CCN1. The summed E-state index contributed by atoms with van der Waals surface area (Å²) in [5.41, 5.74) is 0.240. The maximum absolute atomic E-state index is 13.0. The zero-order valence-electron chi connectivity index (χ0n) is 12.7. The fraction of sp³-hybridized carbons (Fsp3) is 0.312. The Hall–Kier alpha value is -2.54. The molecule has 0 spiro atoms. The van der Waals surface area contributed by atoms with Crippen LogP contribution in [0, 0.1) is 5.82 Å². The maximum Gasteiger partial charge on any atom is 0.274 e. The van der Waals surface area contributed by atoms with E-state index >= 15 is 0 Å². The highest BCUT2D eigenvalue weighted by Crippen LogP contribution is 2.08. The first-order chi connectivity index (χ1) is 11.0. The third-order valence-electron chi connectivity index (χ3n) is 3.75. The average molecular weight is 316 g/mol. The van der Waals surface area contributed by atoms with Crippen LogP contribution in [-0.4, -0.2) is 46.3 Å². The van der Waals surface area contributed by atoms with E-state index in [4.69, 9.17) is 0 Å². The van der Waals surface area contributed by atoms with Crippen LogP contribution in [0.5, 0.6) is 0 Å². The van der Waals surface area contributed by atoms with Crippen molar-refractivity contribution in [3.63, 3.8) is 0 Å². The van der Waals surface area contributed by atoms with Crippen molar-refractivity contribution in [1.82, 2.24) is 20.0 Å². The van der Waals surface area contributed by atoms with Crippen molar-refractivity contribution < 1.29 is 9.18 Å². The Bertz CT molecular complexity index is 772. The number of aromatic nitrogens is 2. The fourth-order valence-electron chi connectivity index (χ4n) is 2.57. The highest BCUT2D eigenvalue weighted by Gasteiger charge is 2.23. The first-order valence-corrected chi connectivity index (χ1v) is 7.43. The third-order valence-corrected chi connectivity index (χ3v) is 3.75. The summed E-state index contributed by atoms with van der Waals surface area (Å²) in [4.78, 5) is 26.2. The van der Waals surface area contributed by atoms with E-state index in [-0.39, 0.29) is 23.2 Å². The molecule has 120 valence electrons. The maximum atomic E-state index is 13.0. The lowest BCUT2D eigenvalue weighted by Crippen LogP contribution is -2.51. The summed E-state index contributed by atoms with van der Waals surface area (Å²) in [7, 11) is 0. The van der Waals surface area contributed by atoms with Gasteiger partial charge in [0.15, 0.2) is 0 Å². The molecule has 2 heterocycles. The topological polar surface area (TPSA) is 67.2 Å². The van der Waals surface area contributed by atoms with E-state index < -0.39 is 5.82 Å². The van der Waals surface area contributed by atoms with Gasteiger partial charge < -0.3 is 10.2 Å². The molecule has 6 nitrogen and oxygen atoms in total. The molecule has 1 saturated heterocycles. The first kappa shape index (κ1) is 15.4. The number of nitrogens with zero attached hydrogens (tertiary/aromatic N) is 3. The number of hydrogen-bond donors (Lipinski definition) is 1. The van der Waals surface area contributed by atoms with Crippen LogP contribution in [0.1, 0.15) is 17.4 Å². The number of hydrogen-bond acceptors (Lipinski definition) is 4. The molecule has 23 heavy (non-hydrogen) atoms. The molecular formula is C16H17FN4O2. The van der Waals surface area contributed by atoms with Gasteiger partial charge in [-0.2, -0.15) is 9.78 Å². The molecule has 0 radical (unpaired) electrons. The molecule has 0 aliphatic carbocycles. The summed E-state index contributed by atoms with van der Waals surface area (Å²) in [6.07, 6.45) is 0. The van der Waals surface area contributed by atoms with Crippen molar-refractivity contribution in [1.29, 1.82) is 0 Å². The molecule has 7 heteroatoms. The number of rotatable bonds is 2. The minimum atomic E-state index is -0.399. The predicted octanol–water partition coefficient (Wildman–Crippen LogP) is 0.806. The van der Waals surface area contributed by atoms with Gasteiger partial charge >= 0.3 is 0 Å². The number of benzene rings is 1. The molecule has 1 aromatic carbocycles. The zero-order valence-corrected chi connectivity index (χ0v) is 12.7. The van der Waals surface area contributed by atoms with E-state index in [1.54, 1.807) is 4.90 Å². The molecule has 1 aliphatic rings. The van der Waals surface area contributed by atoms with Crippen molar-refractivity contribution in [3.05, 3.63) is 58.3 Å². The van der Waals surface area contributed by atoms with Gasteiger partial charge in [0.05, 0.1) is 5.69 Å². The summed E-state index contributed by atoms with van der Waals surface area (Å²) in [5.74, 6) is -0.613. The van der Waals surface area contributed by atoms with Crippen molar-refractivity contribution in [3.8, 4) is 5.69 Å². The van der Waals surface area contributed by atoms with Crippen molar-refractivity contribution in [2.45, 2.75) is 13.0 Å². The van der Waals surface area contributed by atoms with Crippen LogP contribution in [0.25, 0.3) is 5.69 Å². The molecule has 1 fully saturated rings. The second kappa shape index (κ2) is 6.29. The van der Waals surface area contributed by atoms with Gasteiger partial charge in [0.1, 0.15) is 11.5 Å². The number of amides is 1. The second-order valence-corrected chi connectivity index (χ2v) is 5.55. The normalized spacial score (nSPS) is 18.0. The molecule has 3 rings (SSSR count). The van der Waals surface area contributed by atoms with Crippen LogP contribution in [0.15, 0.2) is 41.2 Å². The third kappa shape index (κ3) is 3.29. The first-order valence-electron chi connectivity index (χ1n) is 7.43. The van der Waals surface area contributed by atoms with Gasteiger partial charge in [-0.05, 0) is 37.3 Å². The lowest BCUT2D eigenvalue weighted by atomic mass is 10.2. The van der Waals surface area contributed by atoms with Gasteiger partial charge in [-0.15, -0.1) is 0 Å². The van der Waals surface area contributed by atoms with Crippen LogP contribution >= 0.6 is 0 Å². The molecule has 0 bridgehead atoms. The number of piperazine rings is 1. The Labute approximate surface area is 132 Å². The van der Waals surface area contributed by atoms with E-state index in [1.807, 2.05) is 6.92 Å². The number of carbonyl (C=O) groups excluding carboxylic acids is 1. The number of nitrogens with one attached hydrogen (secondary N) is 1. The molecule has 0 unspecified atom stereocenters. The van der Waals surface area contributed by atoms with Crippen molar-refractivity contribution in [2.24, 2.45) is 0 Å². The molecule has 1 aromatic heterocycles. The van der Waals surface area contributed by atoms with Gasteiger partial charge in [0.25, 0.3) is 11.5 Å². The highest BCUT2D eigenvalue weighted by atomic mass is 19.1. The quantitative estimate of drug-likeness (QED) is 0.890. The number of halogens is 1. The van der Waals surface area contributed by atoms with Crippen LogP contribution in [-0.2, 0) is 0 Å². The molecule has 1 atom stereocenters. The van der Waals surface area contributed by atoms with Gasteiger partial charge in [-0.25, -0.2) is 4.39 Å². The minimum Gasteiger partial charge on any atom is -0.334 e. The smallest absolute Gasteiger partial charge is 0.274 e. The predicted molar refractivity (Wildman–Crippen MR) is 83.2 cm³/mol. The minimum absolute atomic E-state index is 0.197. The van der Waals surface area contributed by atoms with Crippen LogP contribution in [0.2, 0.25) is 0 Å². The van der Waals surface area contributed by atoms with E-state index in [0.717, 1.165) is 11.2 Å². The summed E-state index contributed by atoms with van der Waals surface area (Å²) >= 11 is 0. The Morgan fingerprint density at radius 1 is 1.26 bits per heavy atom. The Morgan fingerprint density at radius 3 is 2.70 bits per heavy atom. The Morgan fingerprint density at radius 2 is 2.00 bits per heavy atom. The van der Waals surface area contributed by atoms with E-state index in [1.165, 1.54) is 36.4 Å². The second-order valence-electron chi connectivity index (χ2n) is 5.55. The lowest BCUT2D eigenvalue weighted by molar-refractivity contribution is 0.0701. The van der Waals surface area contributed by atoms with E-state index in [9.17, 15) is 14.0 Å². The van der Waals surface area contributed by atoms with Crippen LogP contribution in [0.4, 0.5) is 4.39 Å². The Kier molecular flexibility index (Phi) is 4.20. The summed E-state index contributed by atoms with van der Waals surface area (Å²) in [6.45, 7) is 3.92. The Balaban J connectivity index is 1.92. The monoisotopic (exact) mass is 316 g/mol. The molecule has 1 N–H and O–H groups in total. The van der Waals surface area contributed by atoms with Gasteiger partial charge in [0.2, 0.25) is 0 Å².